The van der Waals surface area contributed by atoms with Crippen molar-refractivity contribution in [2.24, 2.45) is 0 Å². The molecule has 0 aliphatic heterocycles. The minimum absolute atomic E-state index is 1.05. The van der Waals surface area contributed by atoms with E-state index in [4.69, 9.17) is 0 Å². The van der Waals surface area contributed by atoms with Crippen molar-refractivity contribution in [3.63, 3.8) is 0 Å². The second-order valence-electron chi connectivity index (χ2n) is 5.30. The molecule has 0 radical (unpaired) electrons. The quantitative estimate of drug-likeness (QED) is 0.723. The zero-order valence-corrected chi connectivity index (χ0v) is 13.2. The fourth-order valence-electron chi connectivity index (χ4n) is 2.65. The van der Waals surface area contributed by atoms with Crippen LogP contribution in [0.25, 0.3) is 0 Å². The first-order valence-corrected chi connectivity index (χ1v) is 8.95. The summed E-state index contributed by atoms with van der Waals surface area (Å²) in [6.45, 7) is 11.4. The number of hydrogen-bond donors (Lipinski definition) is 0. The van der Waals surface area contributed by atoms with Gasteiger partial charge in [-0.15, -0.1) is 0 Å². The van der Waals surface area contributed by atoms with Crippen LogP contribution >= 0.6 is 0 Å². The van der Waals surface area contributed by atoms with Crippen LogP contribution in [0, 0.1) is 27.7 Å². The summed E-state index contributed by atoms with van der Waals surface area (Å²) in [5.74, 6) is 0. The molecule has 0 heterocycles. The van der Waals surface area contributed by atoms with E-state index in [9.17, 15) is 0 Å². The first kappa shape index (κ1) is 13.1. The maximum absolute atomic E-state index is 2.45. The lowest BCUT2D eigenvalue weighted by Gasteiger charge is -2.18. The number of rotatable bonds is 2. The summed E-state index contributed by atoms with van der Waals surface area (Å²) in [7, 11) is -1.05. The van der Waals surface area contributed by atoms with Gasteiger partial charge in [0.2, 0.25) is 0 Å². The third-order valence-electron chi connectivity index (χ3n) is 4.23. The number of benzene rings is 2. The lowest BCUT2D eigenvalue weighted by Crippen LogP contribution is -2.42. The van der Waals surface area contributed by atoms with Gasteiger partial charge in [-0.3, -0.25) is 0 Å². The molecule has 0 bridgehead atoms. The van der Waals surface area contributed by atoms with E-state index >= 15 is 0 Å². The predicted molar refractivity (Wildman–Crippen MR) is 84.1 cm³/mol. The van der Waals surface area contributed by atoms with Crippen LogP contribution in [0.3, 0.4) is 0 Å². The van der Waals surface area contributed by atoms with Gasteiger partial charge >= 0.3 is 0 Å². The van der Waals surface area contributed by atoms with Crippen molar-refractivity contribution in [3.05, 3.63) is 58.7 Å². The van der Waals surface area contributed by atoms with Crippen LogP contribution in [0.1, 0.15) is 22.3 Å². The van der Waals surface area contributed by atoms with Gasteiger partial charge in [0.1, 0.15) is 8.80 Å². The minimum atomic E-state index is -1.05. The van der Waals surface area contributed by atoms with E-state index in [2.05, 4.69) is 70.6 Å². The van der Waals surface area contributed by atoms with Gasteiger partial charge in [0.15, 0.2) is 0 Å². The third kappa shape index (κ3) is 2.28. The first-order valence-electron chi connectivity index (χ1n) is 6.64. The molecule has 0 N–H and O–H groups in total. The molecular weight excluding hydrogens is 232 g/mol. The monoisotopic (exact) mass is 254 g/mol. The molecule has 2 rings (SSSR count). The van der Waals surface area contributed by atoms with E-state index in [1.807, 2.05) is 0 Å². The Morgan fingerprint density at radius 2 is 1.06 bits per heavy atom. The van der Waals surface area contributed by atoms with Crippen molar-refractivity contribution in [1.29, 1.82) is 0 Å². The van der Waals surface area contributed by atoms with E-state index in [1.54, 1.807) is 10.4 Å². The van der Waals surface area contributed by atoms with Gasteiger partial charge < -0.3 is 0 Å². The summed E-state index contributed by atoms with van der Waals surface area (Å²) in [6.07, 6.45) is 0. The largest absolute Gasteiger partial charge is 0.100 e. The Morgan fingerprint density at radius 3 is 1.44 bits per heavy atom. The van der Waals surface area contributed by atoms with E-state index < -0.39 is 8.80 Å². The average Bonchev–Trinajstić information content (AvgIpc) is 2.35. The molecule has 0 amide bonds. The van der Waals surface area contributed by atoms with Crippen LogP contribution in [-0.4, -0.2) is 8.80 Å². The Balaban J connectivity index is 2.51. The normalized spacial score (nSPS) is 11.0. The maximum Gasteiger partial charge on any atom is 0.100 e. The summed E-state index contributed by atoms with van der Waals surface area (Å²) < 4.78 is 0. The lowest BCUT2D eigenvalue weighted by atomic mass is 10.1. The van der Waals surface area contributed by atoms with Gasteiger partial charge in [-0.1, -0.05) is 53.3 Å². The molecule has 0 spiro atoms. The van der Waals surface area contributed by atoms with Crippen molar-refractivity contribution in [2.45, 2.75) is 34.2 Å². The van der Waals surface area contributed by atoms with Crippen molar-refractivity contribution < 1.29 is 0 Å². The number of aryl methyl sites for hydroxylation is 2. The first-order chi connectivity index (χ1) is 8.52. The molecular formula is C17H22Si. The Labute approximate surface area is 112 Å². The van der Waals surface area contributed by atoms with Crippen molar-refractivity contribution in [2.75, 3.05) is 0 Å². The summed E-state index contributed by atoms with van der Waals surface area (Å²) in [4.78, 5) is 0. The second-order valence-corrected chi connectivity index (χ2v) is 7.99. The minimum Gasteiger partial charge on any atom is -0.0641 e. The van der Waals surface area contributed by atoms with E-state index in [1.165, 1.54) is 22.3 Å². The van der Waals surface area contributed by atoms with E-state index in [0.29, 0.717) is 0 Å². The second kappa shape index (κ2) is 5.11. The molecule has 2 aromatic carbocycles. The molecule has 0 aliphatic carbocycles. The summed E-state index contributed by atoms with van der Waals surface area (Å²) in [5.41, 5.74) is 5.80. The topological polar surface area (TPSA) is 0 Å². The SMILES string of the molecule is Cc1cccc([SiH](C)c2cccc(C)c2C)c1C. The van der Waals surface area contributed by atoms with Crippen LogP contribution in [-0.2, 0) is 0 Å². The smallest absolute Gasteiger partial charge is 0.0641 e. The average molecular weight is 254 g/mol. The molecule has 0 atom stereocenters. The van der Waals surface area contributed by atoms with Crippen LogP contribution < -0.4 is 10.4 Å². The highest BCUT2D eigenvalue weighted by Gasteiger charge is 2.15. The van der Waals surface area contributed by atoms with E-state index in [-0.39, 0.29) is 0 Å². The number of hydrogen-bond acceptors (Lipinski definition) is 0. The zero-order valence-electron chi connectivity index (χ0n) is 12.0. The van der Waals surface area contributed by atoms with Crippen LogP contribution in [0.2, 0.25) is 6.55 Å². The molecule has 0 aliphatic rings. The van der Waals surface area contributed by atoms with Gasteiger partial charge in [0, 0.05) is 0 Å². The fourth-order valence-corrected chi connectivity index (χ4v) is 5.54. The molecule has 2 aromatic rings. The van der Waals surface area contributed by atoms with Crippen molar-refractivity contribution in [3.8, 4) is 0 Å². The zero-order chi connectivity index (χ0) is 13.3. The molecule has 0 aromatic heterocycles. The maximum atomic E-state index is 2.45. The highest BCUT2D eigenvalue weighted by Crippen LogP contribution is 2.08. The molecule has 0 saturated carbocycles. The molecule has 94 valence electrons. The standard InChI is InChI=1S/C17H22Si/c1-12-8-6-10-16(14(12)3)18(5)17-11-7-9-13(2)15(17)4/h6-11,18H,1-5H3. The lowest BCUT2D eigenvalue weighted by molar-refractivity contribution is 1.35. The summed E-state index contributed by atoms with van der Waals surface area (Å²) in [6, 6.07) is 13.5. The van der Waals surface area contributed by atoms with Gasteiger partial charge in [-0.05, 0) is 49.9 Å². The van der Waals surface area contributed by atoms with Crippen LogP contribution in [0.4, 0.5) is 0 Å². The van der Waals surface area contributed by atoms with Gasteiger partial charge in [0.05, 0.1) is 0 Å². The van der Waals surface area contributed by atoms with Crippen molar-refractivity contribution in [1.82, 2.24) is 0 Å². The Morgan fingerprint density at radius 1 is 0.667 bits per heavy atom. The highest BCUT2D eigenvalue weighted by molar-refractivity contribution is 6.84. The van der Waals surface area contributed by atoms with Crippen molar-refractivity contribution >= 4 is 19.2 Å². The van der Waals surface area contributed by atoms with Gasteiger partial charge in [-0.2, -0.15) is 0 Å². The third-order valence-corrected chi connectivity index (χ3v) is 7.34. The van der Waals surface area contributed by atoms with Crippen LogP contribution in [0.15, 0.2) is 36.4 Å². The highest BCUT2D eigenvalue weighted by atomic mass is 28.3. The predicted octanol–water partition coefficient (Wildman–Crippen LogP) is 2.89. The summed E-state index contributed by atoms with van der Waals surface area (Å²) in [5, 5.41) is 3.17. The molecule has 1 heteroatoms. The fraction of sp³-hybridized carbons (Fsp3) is 0.294. The molecule has 0 fully saturated rings. The van der Waals surface area contributed by atoms with E-state index in [0.717, 1.165) is 0 Å². The van der Waals surface area contributed by atoms with Gasteiger partial charge in [-0.25, -0.2) is 0 Å². The molecule has 0 nitrogen and oxygen atoms in total. The molecule has 0 unspecified atom stereocenters. The molecule has 0 saturated heterocycles. The van der Waals surface area contributed by atoms with Crippen LogP contribution in [0.5, 0.6) is 0 Å². The Kier molecular flexibility index (Phi) is 3.72. The Hall–Kier alpha value is -1.34. The Bertz CT molecular complexity index is 518. The van der Waals surface area contributed by atoms with Gasteiger partial charge in [0.25, 0.3) is 0 Å². The summed E-state index contributed by atoms with van der Waals surface area (Å²) >= 11 is 0. The molecule has 18 heavy (non-hydrogen) atoms.